The molecule has 1 aromatic heterocycles. The molecular formula is C13H21N3S. The topological polar surface area (TPSA) is 37.8 Å². The SMILES string of the molecule is CC(C)c1cc(NCC2(C)CCCS2)ncn1. The van der Waals surface area contributed by atoms with Gasteiger partial charge in [0.25, 0.3) is 0 Å². The van der Waals surface area contributed by atoms with Crippen molar-refractivity contribution in [3.63, 3.8) is 0 Å². The Hall–Kier alpha value is -0.770. The van der Waals surface area contributed by atoms with Gasteiger partial charge in [0.15, 0.2) is 0 Å². The molecule has 0 spiro atoms. The summed E-state index contributed by atoms with van der Waals surface area (Å²) in [4.78, 5) is 8.56. The van der Waals surface area contributed by atoms with Gasteiger partial charge < -0.3 is 5.32 Å². The molecule has 1 unspecified atom stereocenters. The zero-order valence-corrected chi connectivity index (χ0v) is 11.7. The summed E-state index contributed by atoms with van der Waals surface area (Å²) in [5.74, 6) is 2.70. The van der Waals surface area contributed by atoms with Gasteiger partial charge in [-0.05, 0) is 31.4 Å². The van der Waals surface area contributed by atoms with Crippen molar-refractivity contribution in [3.8, 4) is 0 Å². The van der Waals surface area contributed by atoms with E-state index in [1.54, 1.807) is 6.33 Å². The monoisotopic (exact) mass is 251 g/mol. The Morgan fingerprint density at radius 2 is 2.29 bits per heavy atom. The molecule has 1 saturated heterocycles. The van der Waals surface area contributed by atoms with Crippen molar-refractivity contribution < 1.29 is 0 Å². The van der Waals surface area contributed by atoms with Crippen molar-refractivity contribution in [2.75, 3.05) is 17.6 Å². The molecule has 0 amide bonds. The molecule has 0 aromatic carbocycles. The van der Waals surface area contributed by atoms with Crippen LogP contribution in [0.4, 0.5) is 5.82 Å². The summed E-state index contributed by atoms with van der Waals surface area (Å²) in [5.41, 5.74) is 1.10. The number of nitrogens with zero attached hydrogens (tertiary/aromatic N) is 2. The van der Waals surface area contributed by atoms with E-state index in [0.717, 1.165) is 18.1 Å². The first-order chi connectivity index (χ1) is 8.09. The van der Waals surface area contributed by atoms with E-state index in [2.05, 4.69) is 53.9 Å². The Labute approximate surface area is 108 Å². The van der Waals surface area contributed by atoms with Gasteiger partial charge in [-0.2, -0.15) is 11.8 Å². The molecule has 0 radical (unpaired) electrons. The number of rotatable bonds is 4. The van der Waals surface area contributed by atoms with Crippen molar-refractivity contribution in [1.29, 1.82) is 0 Å². The van der Waals surface area contributed by atoms with Crippen molar-refractivity contribution in [2.45, 2.75) is 44.3 Å². The van der Waals surface area contributed by atoms with Gasteiger partial charge in [-0.3, -0.25) is 0 Å². The summed E-state index contributed by atoms with van der Waals surface area (Å²) in [6, 6.07) is 2.06. The first kappa shape index (κ1) is 12.7. The summed E-state index contributed by atoms with van der Waals surface area (Å²) in [6.45, 7) is 7.63. The van der Waals surface area contributed by atoms with E-state index in [1.807, 2.05) is 0 Å². The quantitative estimate of drug-likeness (QED) is 0.891. The number of hydrogen-bond donors (Lipinski definition) is 1. The third-order valence-electron chi connectivity index (χ3n) is 3.22. The molecule has 3 nitrogen and oxygen atoms in total. The number of aromatic nitrogens is 2. The lowest BCUT2D eigenvalue weighted by Gasteiger charge is -2.23. The lowest BCUT2D eigenvalue weighted by molar-refractivity contribution is 0.633. The first-order valence-corrected chi connectivity index (χ1v) is 7.27. The van der Waals surface area contributed by atoms with Gasteiger partial charge >= 0.3 is 0 Å². The summed E-state index contributed by atoms with van der Waals surface area (Å²) < 4.78 is 0.378. The fourth-order valence-electron chi connectivity index (χ4n) is 2.04. The van der Waals surface area contributed by atoms with E-state index in [4.69, 9.17) is 0 Å². The molecule has 17 heavy (non-hydrogen) atoms. The van der Waals surface area contributed by atoms with E-state index < -0.39 is 0 Å². The number of anilines is 1. The molecule has 1 fully saturated rings. The van der Waals surface area contributed by atoms with E-state index in [0.29, 0.717) is 10.7 Å². The summed E-state index contributed by atoms with van der Waals surface area (Å²) in [7, 11) is 0. The van der Waals surface area contributed by atoms with Crippen LogP contribution in [-0.4, -0.2) is 27.0 Å². The summed E-state index contributed by atoms with van der Waals surface area (Å²) >= 11 is 2.07. The predicted octanol–water partition coefficient (Wildman–Crippen LogP) is 3.30. The lowest BCUT2D eigenvalue weighted by Crippen LogP contribution is -2.27. The van der Waals surface area contributed by atoms with Crippen LogP contribution >= 0.6 is 11.8 Å². The number of thioether (sulfide) groups is 1. The van der Waals surface area contributed by atoms with Crippen LogP contribution in [0.3, 0.4) is 0 Å². The van der Waals surface area contributed by atoms with Gasteiger partial charge in [0.05, 0.1) is 0 Å². The van der Waals surface area contributed by atoms with E-state index in [-0.39, 0.29) is 0 Å². The largest absolute Gasteiger partial charge is 0.369 e. The highest BCUT2D eigenvalue weighted by Gasteiger charge is 2.29. The van der Waals surface area contributed by atoms with Crippen molar-refractivity contribution >= 4 is 17.6 Å². The molecular weight excluding hydrogens is 230 g/mol. The van der Waals surface area contributed by atoms with Crippen LogP contribution in [0.1, 0.15) is 45.2 Å². The number of hydrogen-bond acceptors (Lipinski definition) is 4. The molecule has 1 N–H and O–H groups in total. The highest BCUT2D eigenvalue weighted by Crippen LogP contribution is 2.37. The maximum atomic E-state index is 4.28. The predicted molar refractivity (Wildman–Crippen MR) is 74.7 cm³/mol. The summed E-state index contributed by atoms with van der Waals surface area (Å²) in [6.07, 6.45) is 4.29. The van der Waals surface area contributed by atoms with Gasteiger partial charge in [0, 0.05) is 23.1 Å². The van der Waals surface area contributed by atoms with Crippen molar-refractivity contribution in [2.24, 2.45) is 0 Å². The van der Waals surface area contributed by atoms with Gasteiger partial charge in [-0.1, -0.05) is 13.8 Å². The highest BCUT2D eigenvalue weighted by molar-refractivity contribution is 8.00. The minimum absolute atomic E-state index is 0.378. The maximum absolute atomic E-state index is 4.28. The minimum Gasteiger partial charge on any atom is -0.369 e. The second-order valence-corrected chi connectivity index (χ2v) is 6.92. The third-order valence-corrected chi connectivity index (χ3v) is 4.76. The van der Waals surface area contributed by atoms with Crippen molar-refractivity contribution in [3.05, 3.63) is 18.1 Å². The van der Waals surface area contributed by atoms with Crippen LogP contribution in [0.25, 0.3) is 0 Å². The molecule has 94 valence electrons. The molecule has 0 saturated carbocycles. The highest BCUT2D eigenvalue weighted by atomic mass is 32.2. The Bertz CT molecular complexity index is 373. The second-order valence-electron chi connectivity index (χ2n) is 5.24. The van der Waals surface area contributed by atoms with Gasteiger partial charge in [-0.15, -0.1) is 0 Å². The second kappa shape index (κ2) is 5.25. The van der Waals surface area contributed by atoms with Gasteiger partial charge in [0.1, 0.15) is 12.1 Å². The Kier molecular flexibility index (Phi) is 3.92. The van der Waals surface area contributed by atoms with E-state index in [1.165, 1.54) is 18.6 Å². The first-order valence-electron chi connectivity index (χ1n) is 6.29. The third kappa shape index (κ3) is 3.35. The average molecular weight is 251 g/mol. The van der Waals surface area contributed by atoms with Crippen LogP contribution in [0.5, 0.6) is 0 Å². The maximum Gasteiger partial charge on any atom is 0.129 e. The molecule has 1 atom stereocenters. The molecule has 2 rings (SSSR count). The van der Waals surface area contributed by atoms with Crippen molar-refractivity contribution in [1.82, 2.24) is 9.97 Å². The van der Waals surface area contributed by atoms with Crippen LogP contribution in [-0.2, 0) is 0 Å². The Balaban J connectivity index is 1.96. The van der Waals surface area contributed by atoms with E-state index >= 15 is 0 Å². The van der Waals surface area contributed by atoms with Crippen LogP contribution in [0.15, 0.2) is 12.4 Å². The minimum atomic E-state index is 0.378. The van der Waals surface area contributed by atoms with Crippen LogP contribution in [0, 0.1) is 0 Å². The molecule has 1 aliphatic rings. The molecule has 0 aliphatic carbocycles. The zero-order chi connectivity index (χ0) is 12.3. The smallest absolute Gasteiger partial charge is 0.129 e. The number of nitrogens with one attached hydrogen (secondary N) is 1. The average Bonchev–Trinajstić information content (AvgIpc) is 2.75. The van der Waals surface area contributed by atoms with Gasteiger partial charge in [0.2, 0.25) is 0 Å². The normalized spacial score (nSPS) is 24.2. The van der Waals surface area contributed by atoms with E-state index in [9.17, 15) is 0 Å². The molecule has 2 heterocycles. The fourth-order valence-corrected chi connectivity index (χ4v) is 3.28. The fraction of sp³-hybridized carbons (Fsp3) is 0.692. The van der Waals surface area contributed by atoms with Crippen LogP contribution in [0.2, 0.25) is 0 Å². The standard InChI is InChI=1S/C13H21N3S/c1-10(2)11-7-12(16-9-15-11)14-8-13(3)5-4-6-17-13/h7,9-10H,4-6,8H2,1-3H3,(H,14,15,16). The molecule has 4 heteroatoms. The Morgan fingerprint density at radius 1 is 1.47 bits per heavy atom. The molecule has 1 aromatic rings. The molecule has 0 bridgehead atoms. The Morgan fingerprint density at radius 3 is 2.94 bits per heavy atom. The zero-order valence-electron chi connectivity index (χ0n) is 10.9. The summed E-state index contributed by atoms with van der Waals surface area (Å²) in [5, 5.41) is 3.45. The molecule has 1 aliphatic heterocycles. The van der Waals surface area contributed by atoms with Gasteiger partial charge in [-0.25, -0.2) is 9.97 Å². The lowest BCUT2D eigenvalue weighted by atomic mass is 10.1. The van der Waals surface area contributed by atoms with Crippen LogP contribution < -0.4 is 5.32 Å².